The third-order valence-corrected chi connectivity index (χ3v) is 7.22. The van der Waals surface area contributed by atoms with Gasteiger partial charge in [-0.3, -0.25) is 14.4 Å². The molecule has 2 fully saturated rings. The van der Waals surface area contributed by atoms with Crippen molar-refractivity contribution in [3.63, 3.8) is 0 Å². The predicted molar refractivity (Wildman–Crippen MR) is 132 cm³/mol. The minimum atomic E-state index is -1.13. The molecule has 2 aromatic rings. The molecular weight excluding hydrogens is 500 g/mol. The second-order valence-corrected chi connectivity index (χ2v) is 9.66. The van der Waals surface area contributed by atoms with E-state index < -0.39 is 23.6 Å². The minimum Gasteiger partial charge on any atom is -0.490 e. The third-order valence-electron chi connectivity index (χ3n) is 7.22. The van der Waals surface area contributed by atoms with Gasteiger partial charge in [-0.05, 0) is 49.2 Å². The predicted octanol–water partition coefficient (Wildman–Crippen LogP) is 2.85. The van der Waals surface area contributed by atoms with Crippen molar-refractivity contribution in [1.29, 1.82) is 0 Å². The molecule has 202 valence electrons. The number of morpholine rings is 1. The van der Waals surface area contributed by atoms with Crippen LogP contribution in [-0.2, 0) is 14.3 Å². The van der Waals surface area contributed by atoms with Gasteiger partial charge in [0.05, 0.1) is 37.3 Å². The lowest BCUT2D eigenvalue weighted by Gasteiger charge is -2.42. The van der Waals surface area contributed by atoms with Gasteiger partial charge in [-0.25, -0.2) is 8.78 Å². The summed E-state index contributed by atoms with van der Waals surface area (Å²) in [6, 6.07) is 7.26. The highest BCUT2D eigenvalue weighted by Crippen LogP contribution is 2.33. The fourth-order valence-electron chi connectivity index (χ4n) is 5.08. The average Bonchev–Trinajstić information content (AvgIpc) is 2.93. The molecule has 9 nitrogen and oxygen atoms in total. The number of amides is 3. The maximum absolute atomic E-state index is 13.5. The number of ether oxygens (including phenoxy) is 3. The number of rotatable bonds is 4. The van der Waals surface area contributed by atoms with Crippen LogP contribution in [0.15, 0.2) is 36.4 Å². The summed E-state index contributed by atoms with van der Waals surface area (Å²) in [6.07, 6.45) is 0.900. The summed E-state index contributed by atoms with van der Waals surface area (Å²) in [7, 11) is 1.70. The monoisotopic (exact) mass is 529 g/mol. The van der Waals surface area contributed by atoms with Crippen molar-refractivity contribution in [2.75, 3.05) is 45.3 Å². The van der Waals surface area contributed by atoms with Crippen molar-refractivity contribution in [3.05, 3.63) is 59.2 Å². The molecular formula is C27H29F2N3O6. The fourth-order valence-corrected chi connectivity index (χ4v) is 5.08. The molecule has 3 aliphatic rings. The van der Waals surface area contributed by atoms with Gasteiger partial charge in [0, 0.05) is 31.4 Å². The zero-order valence-electron chi connectivity index (χ0n) is 21.0. The fraction of sp³-hybridized carbons (Fsp3) is 0.444. The number of halogens is 2. The number of likely N-dealkylation sites (N-methyl/N-ethyl adjacent to an activating group) is 1. The van der Waals surface area contributed by atoms with Crippen molar-refractivity contribution >= 4 is 23.4 Å². The minimum absolute atomic E-state index is 0.0382. The van der Waals surface area contributed by atoms with E-state index in [9.17, 15) is 23.2 Å². The number of benzene rings is 2. The van der Waals surface area contributed by atoms with Gasteiger partial charge in [0.25, 0.3) is 11.8 Å². The summed E-state index contributed by atoms with van der Waals surface area (Å²) >= 11 is 0. The van der Waals surface area contributed by atoms with E-state index in [-0.39, 0.29) is 48.1 Å². The van der Waals surface area contributed by atoms with Gasteiger partial charge in [0.1, 0.15) is 18.5 Å². The smallest absolute Gasteiger partial charge is 0.257 e. The SMILES string of the molecule is CN1C(=O)c2cc(NC(=O)c3ccc(F)c(F)c3)ccc2OC[C@@H]2O[C@H](CC(=O)N3CCOCC3)CC[C@@H]21. The number of carbonyl (C=O) groups excluding carboxylic acids is 3. The average molecular weight is 530 g/mol. The molecule has 0 aliphatic carbocycles. The van der Waals surface area contributed by atoms with Crippen molar-refractivity contribution in [1.82, 2.24) is 9.80 Å². The summed E-state index contributed by atoms with van der Waals surface area (Å²) in [5, 5.41) is 2.61. The van der Waals surface area contributed by atoms with Gasteiger partial charge < -0.3 is 29.3 Å². The number of nitrogens with zero attached hydrogens (tertiary/aromatic N) is 2. The number of carbonyl (C=O) groups is 3. The normalized spacial score (nSPS) is 23.4. The first-order valence-corrected chi connectivity index (χ1v) is 12.6. The number of hydrogen-bond donors (Lipinski definition) is 1. The van der Waals surface area contributed by atoms with E-state index >= 15 is 0 Å². The van der Waals surface area contributed by atoms with E-state index in [1.54, 1.807) is 29.0 Å². The van der Waals surface area contributed by atoms with E-state index in [0.717, 1.165) is 12.1 Å². The molecule has 11 heteroatoms. The molecule has 0 bridgehead atoms. The van der Waals surface area contributed by atoms with Gasteiger partial charge in [-0.1, -0.05) is 0 Å². The highest BCUT2D eigenvalue weighted by molar-refractivity contribution is 6.05. The van der Waals surface area contributed by atoms with E-state index in [0.29, 0.717) is 50.6 Å². The molecule has 3 heterocycles. The molecule has 3 atom stereocenters. The lowest BCUT2D eigenvalue weighted by atomic mass is 9.94. The zero-order chi connectivity index (χ0) is 26.8. The first-order chi connectivity index (χ1) is 18.3. The Morgan fingerprint density at radius 2 is 1.84 bits per heavy atom. The summed E-state index contributed by atoms with van der Waals surface area (Å²) < 4.78 is 44.3. The van der Waals surface area contributed by atoms with E-state index in [1.165, 1.54) is 12.1 Å². The first kappa shape index (κ1) is 26.1. The highest BCUT2D eigenvalue weighted by atomic mass is 19.2. The van der Waals surface area contributed by atoms with E-state index in [1.807, 2.05) is 0 Å². The molecule has 0 saturated carbocycles. The number of nitrogens with one attached hydrogen (secondary N) is 1. The largest absolute Gasteiger partial charge is 0.490 e. The van der Waals surface area contributed by atoms with Crippen molar-refractivity contribution < 1.29 is 37.4 Å². The Balaban J connectivity index is 1.27. The Kier molecular flexibility index (Phi) is 7.57. The Morgan fingerprint density at radius 1 is 1.05 bits per heavy atom. The van der Waals surface area contributed by atoms with Gasteiger partial charge in [0.15, 0.2) is 11.6 Å². The van der Waals surface area contributed by atoms with Crippen LogP contribution in [0.5, 0.6) is 5.75 Å². The van der Waals surface area contributed by atoms with Gasteiger partial charge in [0.2, 0.25) is 5.91 Å². The molecule has 0 aromatic heterocycles. The molecule has 0 spiro atoms. The second kappa shape index (κ2) is 11.0. The molecule has 2 saturated heterocycles. The Labute approximate surface area is 218 Å². The van der Waals surface area contributed by atoms with Crippen LogP contribution < -0.4 is 10.1 Å². The number of fused-ring (bicyclic) bond motifs is 2. The lowest BCUT2D eigenvalue weighted by Crippen LogP contribution is -2.54. The van der Waals surface area contributed by atoms with Crippen molar-refractivity contribution in [2.24, 2.45) is 0 Å². The van der Waals surface area contributed by atoms with Crippen LogP contribution in [0.3, 0.4) is 0 Å². The molecule has 2 aromatic carbocycles. The Hall–Kier alpha value is -3.57. The van der Waals surface area contributed by atoms with Crippen LogP contribution in [0.25, 0.3) is 0 Å². The standard InChI is InChI=1S/C27H29F2N3O6/c1-31-22-6-4-18(14-25(33)32-8-10-36-11-9-32)38-24(22)15-37-23-7-3-17(13-19(23)27(31)35)30-26(34)16-2-5-20(28)21(29)12-16/h2-3,5,7,12-13,18,22,24H,4,6,8-11,14-15H2,1H3,(H,30,34)/t18-,22-,24-/m0/s1. The number of anilines is 1. The summed E-state index contributed by atoms with van der Waals surface area (Å²) in [4.78, 5) is 42.0. The molecule has 3 aliphatic heterocycles. The molecule has 5 rings (SSSR count). The van der Waals surface area contributed by atoms with Crippen LogP contribution in [0.1, 0.15) is 40.0 Å². The number of hydrogen-bond acceptors (Lipinski definition) is 6. The van der Waals surface area contributed by atoms with E-state index in [4.69, 9.17) is 14.2 Å². The van der Waals surface area contributed by atoms with Crippen LogP contribution >= 0.6 is 0 Å². The Bertz CT molecular complexity index is 1240. The summed E-state index contributed by atoms with van der Waals surface area (Å²) in [5.74, 6) is -2.75. The molecule has 38 heavy (non-hydrogen) atoms. The summed E-state index contributed by atoms with van der Waals surface area (Å²) in [5.41, 5.74) is 0.514. The van der Waals surface area contributed by atoms with Gasteiger partial charge >= 0.3 is 0 Å². The van der Waals surface area contributed by atoms with Crippen LogP contribution in [0, 0.1) is 11.6 Å². The second-order valence-electron chi connectivity index (χ2n) is 9.66. The van der Waals surface area contributed by atoms with Crippen molar-refractivity contribution in [3.8, 4) is 5.75 Å². The maximum atomic E-state index is 13.5. The van der Waals surface area contributed by atoms with Gasteiger partial charge in [-0.2, -0.15) is 0 Å². The van der Waals surface area contributed by atoms with Crippen LogP contribution in [-0.4, -0.2) is 85.7 Å². The molecule has 0 radical (unpaired) electrons. The molecule has 1 N–H and O–H groups in total. The highest BCUT2D eigenvalue weighted by Gasteiger charge is 2.39. The van der Waals surface area contributed by atoms with Crippen LogP contribution in [0.2, 0.25) is 0 Å². The maximum Gasteiger partial charge on any atom is 0.257 e. The third kappa shape index (κ3) is 5.48. The molecule has 0 unspecified atom stereocenters. The van der Waals surface area contributed by atoms with E-state index in [2.05, 4.69) is 5.32 Å². The van der Waals surface area contributed by atoms with Crippen molar-refractivity contribution in [2.45, 2.75) is 37.5 Å². The molecule has 3 amide bonds. The quantitative estimate of drug-likeness (QED) is 0.655. The first-order valence-electron chi connectivity index (χ1n) is 12.6. The lowest BCUT2D eigenvalue weighted by molar-refractivity contribution is -0.146. The van der Waals surface area contributed by atoms with Crippen LogP contribution in [0.4, 0.5) is 14.5 Å². The Morgan fingerprint density at radius 3 is 2.61 bits per heavy atom. The zero-order valence-corrected chi connectivity index (χ0v) is 21.0. The van der Waals surface area contributed by atoms with Gasteiger partial charge in [-0.15, -0.1) is 0 Å². The topological polar surface area (TPSA) is 97.4 Å². The summed E-state index contributed by atoms with van der Waals surface area (Å²) in [6.45, 7) is 2.44.